The number of carbonyl (C=O) groups is 1. The molecule has 0 spiro atoms. The zero-order valence-corrected chi connectivity index (χ0v) is 14.7. The van der Waals surface area contributed by atoms with E-state index in [1.165, 1.54) is 0 Å². The lowest BCUT2D eigenvalue weighted by atomic mass is 10.1. The molecule has 0 aliphatic rings. The van der Waals surface area contributed by atoms with Gasteiger partial charge in [-0.05, 0) is 55.8 Å². The molecular weight excluding hydrogens is 338 g/mol. The molecule has 25 heavy (non-hydrogen) atoms. The molecule has 0 radical (unpaired) electrons. The van der Waals surface area contributed by atoms with Gasteiger partial charge in [0.25, 0.3) is 5.91 Å². The first-order chi connectivity index (χ1) is 12.1. The number of aryl methyl sites for hydroxylation is 1. The Bertz CT molecular complexity index is 868. The number of anilines is 1. The molecule has 0 bridgehead atoms. The molecular formula is C19H18ClN3O2. The summed E-state index contributed by atoms with van der Waals surface area (Å²) in [4.78, 5) is 12.4. The summed E-state index contributed by atoms with van der Waals surface area (Å²) < 4.78 is 5.42. The Kier molecular flexibility index (Phi) is 5.05. The number of H-pyrrole nitrogens is 1. The lowest BCUT2D eigenvalue weighted by Gasteiger charge is -2.08. The van der Waals surface area contributed by atoms with E-state index in [0.29, 0.717) is 28.7 Å². The highest BCUT2D eigenvalue weighted by molar-refractivity contribution is 6.34. The Morgan fingerprint density at radius 1 is 1.24 bits per heavy atom. The fourth-order valence-electron chi connectivity index (χ4n) is 2.45. The van der Waals surface area contributed by atoms with Crippen LogP contribution in [0.5, 0.6) is 5.75 Å². The average Bonchev–Trinajstić information content (AvgIpc) is 3.09. The maximum absolute atomic E-state index is 12.4. The van der Waals surface area contributed by atoms with Gasteiger partial charge in [0.1, 0.15) is 11.4 Å². The minimum Gasteiger partial charge on any atom is -0.494 e. The first-order valence-corrected chi connectivity index (χ1v) is 8.31. The van der Waals surface area contributed by atoms with Crippen LogP contribution in [0.15, 0.2) is 48.5 Å². The highest BCUT2D eigenvalue weighted by atomic mass is 35.5. The summed E-state index contributed by atoms with van der Waals surface area (Å²) in [6, 6.07) is 14.7. The van der Waals surface area contributed by atoms with E-state index in [0.717, 1.165) is 16.9 Å². The fraction of sp³-hybridized carbons (Fsp3) is 0.158. The standard InChI is InChI=1S/C19H18ClN3O2/c1-3-25-14-9-7-13(8-10-14)16-11-17(23-22-16)19(24)21-18-12(2)5-4-6-15(18)20/h4-11H,3H2,1-2H3,(H,21,24)(H,22,23). The van der Waals surface area contributed by atoms with Crippen molar-refractivity contribution in [3.63, 3.8) is 0 Å². The molecule has 1 aromatic heterocycles. The van der Waals surface area contributed by atoms with Crippen molar-refractivity contribution in [3.05, 3.63) is 64.8 Å². The molecule has 1 amide bonds. The number of rotatable bonds is 5. The molecule has 2 aromatic carbocycles. The van der Waals surface area contributed by atoms with Gasteiger partial charge in [-0.15, -0.1) is 0 Å². The van der Waals surface area contributed by atoms with Gasteiger partial charge in [0.15, 0.2) is 0 Å². The van der Waals surface area contributed by atoms with Crippen molar-refractivity contribution in [2.24, 2.45) is 0 Å². The van der Waals surface area contributed by atoms with E-state index < -0.39 is 0 Å². The smallest absolute Gasteiger partial charge is 0.273 e. The number of nitrogens with one attached hydrogen (secondary N) is 2. The van der Waals surface area contributed by atoms with Crippen LogP contribution in [0.3, 0.4) is 0 Å². The molecule has 2 N–H and O–H groups in total. The number of aromatic nitrogens is 2. The number of halogens is 1. The van der Waals surface area contributed by atoms with Crippen molar-refractivity contribution in [3.8, 4) is 17.0 Å². The summed E-state index contributed by atoms with van der Waals surface area (Å²) in [7, 11) is 0. The van der Waals surface area contributed by atoms with Gasteiger partial charge < -0.3 is 10.1 Å². The largest absolute Gasteiger partial charge is 0.494 e. The first-order valence-electron chi connectivity index (χ1n) is 7.93. The second kappa shape index (κ2) is 7.40. The van der Waals surface area contributed by atoms with E-state index in [1.54, 1.807) is 12.1 Å². The monoisotopic (exact) mass is 355 g/mol. The molecule has 3 rings (SSSR count). The summed E-state index contributed by atoms with van der Waals surface area (Å²) in [6.07, 6.45) is 0. The van der Waals surface area contributed by atoms with Crippen molar-refractivity contribution in [1.29, 1.82) is 0 Å². The van der Waals surface area contributed by atoms with Gasteiger partial charge in [0.2, 0.25) is 0 Å². The number of carbonyl (C=O) groups excluding carboxylic acids is 1. The molecule has 0 aliphatic heterocycles. The van der Waals surface area contributed by atoms with Crippen molar-refractivity contribution >= 4 is 23.2 Å². The molecule has 128 valence electrons. The van der Waals surface area contributed by atoms with E-state index >= 15 is 0 Å². The van der Waals surface area contributed by atoms with Gasteiger partial charge >= 0.3 is 0 Å². The Labute approximate surface area is 151 Å². The molecule has 3 aromatic rings. The van der Waals surface area contributed by atoms with Crippen molar-refractivity contribution < 1.29 is 9.53 Å². The van der Waals surface area contributed by atoms with Gasteiger partial charge in [0, 0.05) is 5.56 Å². The summed E-state index contributed by atoms with van der Waals surface area (Å²) in [5, 5.41) is 10.3. The van der Waals surface area contributed by atoms with Crippen LogP contribution in [0.4, 0.5) is 5.69 Å². The van der Waals surface area contributed by atoms with Crippen LogP contribution < -0.4 is 10.1 Å². The van der Waals surface area contributed by atoms with E-state index in [4.69, 9.17) is 16.3 Å². The van der Waals surface area contributed by atoms with Gasteiger partial charge in [-0.3, -0.25) is 9.89 Å². The van der Waals surface area contributed by atoms with Crippen LogP contribution in [0, 0.1) is 6.92 Å². The molecule has 0 atom stereocenters. The molecule has 5 nitrogen and oxygen atoms in total. The Morgan fingerprint density at radius 3 is 2.68 bits per heavy atom. The quantitative estimate of drug-likeness (QED) is 0.697. The molecule has 0 fully saturated rings. The van der Waals surface area contributed by atoms with Crippen LogP contribution in [0.2, 0.25) is 5.02 Å². The Hall–Kier alpha value is -2.79. The number of hydrogen-bond donors (Lipinski definition) is 2. The number of ether oxygens (including phenoxy) is 1. The number of nitrogens with zero attached hydrogens (tertiary/aromatic N) is 1. The lowest BCUT2D eigenvalue weighted by molar-refractivity contribution is 0.102. The maximum Gasteiger partial charge on any atom is 0.273 e. The van der Waals surface area contributed by atoms with Gasteiger partial charge in [-0.1, -0.05) is 23.7 Å². The predicted octanol–water partition coefficient (Wildman–Crippen LogP) is 4.69. The van der Waals surface area contributed by atoms with Crippen molar-refractivity contribution in [2.45, 2.75) is 13.8 Å². The summed E-state index contributed by atoms with van der Waals surface area (Å²) in [5.74, 6) is 0.509. The predicted molar refractivity (Wildman–Crippen MR) is 99.3 cm³/mol. The fourth-order valence-corrected chi connectivity index (χ4v) is 2.71. The van der Waals surface area contributed by atoms with Gasteiger partial charge in [-0.2, -0.15) is 5.10 Å². The first kappa shape index (κ1) is 17.0. The van der Waals surface area contributed by atoms with Gasteiger partial charge in [-0.25, -0.2) is 0 Å². The van der Waals surface area contributed by atoms with E-state index in [9.17, 15) is 4.79 Å². The SMILES string of the molecule is CCOc1ccc(-c2cc(C(=O)Nc3c(C)cccc3Cl)[nH]n2)cc1. The second-order valence-corrected chi connectivity index (χ2v) is 5.92. The molecule has 0 saturated carbocycles. The zero-order chi connectivity index (χ0) is 17.8. The molecule has 0 saturated heterocycles. The Morgan fingerprint density at radius 2 is 2.00 bits per heavy atom. The topological polar surface area (TPSA) is 67.0 Å². The molecule has 6 heteroatoms. The van der Waals surface area contributed by atoms with Crippen molar-refractivity contribution in [1.82, 2.24) is 10.2 Å². The molecule has 1 heterocycles. The van der Waals surface area contributed by atoms with E-state index in [-0.39, 0.29) is 5.91 Å². The normalized spacial score (nSPS) is 10.5. The third-order valence-electron chi connectivity index (χ3n) is 3.74. The lowest BCUT2D eigenvalue weighted by Crippen LogP contribution is -2.13. The number of amides is 1. The van der Waals surface area contributed by atoms with Crippen LogP contribution in [-0.2, 0) is 0 Å². The van der Waals surface area contributed by atoms with E-state index in [1.807, 2.05) is 50.2 Å². The minimum atomic E-state index is -0.291. The highest BCUT2D eigenvalue weighted by Gasteiger charge is 2.14. The number of benzene rings is 2. The summed E-state index contributed by atoms with van der Waals surface area (Å²) in [6.45, 7) is 4.44. The third-order valence-corrected chi connectivity index (χ3v) is 4.06. The average molecular weight is 356 g/mol. The molecule has 0 aliphatic carbocycles. The molecule has 0 unspecified atom stereocenters. The number of hydrogen-bond acceptors (Lipinski definition) is 3. The number of para-hydroxylation sites is 1. The zero-order valence-electron chi connectivity index (χ0n) is 14.0. The minimum absolute atomic E-state index is 0.291. The van der Waals surface area contributed by atoms with Gasteiger partial charge in [0.05, 0.1) is 23.0 Å². The van der Waals surface area contributed by atoms with Crippen LogP contribution >= 0.6 is 11.6 Å². The summed E-state index contributed by atoms with van der Waals surface area (Å²) >= 11 is 6.15. The Balaban J connectivity index is 1.77. The van der Waals surface area contributed by atoms with Crippen molar-refractivity contribution in [2.75, 3.05) is 11.9 Å². The second-order valence-electron chi connectivity index (χ2n) is 5.51. The maximum atomic E-state index is 12.4. The van der Waals surface area contributed by atoms with Crippen LogP contribution in [0.1, 0.15) is 23.0 Å². The highest BCUT2D eigenvalue weighted by Crippen LogP contribution is 2.26. The summed E-state index contributed by atoms with van der Waals surface area (Å²) in [5.41, 5.74) is 3.44. The van der Waals surface area contributed by atoms with Crippen LogP contribution in [-0.4, -0.2) is 22.7 Å². The third kappa shape index (κ3) is 3.83. The number of aromatic amines is 1. The van der Waals surface area contributed by atoms with Crippen LogP contribution in [0.25, 0.3) is 11.3 Å². The van der Waals surface area contributed by atoms with E-state index in [2.05, 4.69) is 15.5 Å².